The summed E-state index contributed by atoms with van der Waals surface area (Å²) < 4.78 is 23.6. The lowest BCUT2D eigenvalue weighted by Crippen LogP contribution is -2.31. The molecule has 0 aromatic heterocycles. The quantitative estimate of drug-likeness (QED) is 0.707. The van der Waals surface area contributed by atoms with Crippen LogP contribution in [0.1, 0.15) is 40.0 Å². The molecular formula is C15H21FO3. The molecule has 0 N–H and O–H groups in total. The Labute approximate surface area is 113 Å². The van der Waals surface area contributed by atoms with Crippen molar-refractivity contribution in [2.75, 3.05) is 0 Å². The first kappa shape index (κ1) is 15.5. The third-order valence-corrected chi connectivity index (χ3v) is 2.53. The third-order valence-electron chi connectivity index (χ3n) is 2.53. The van der Waals surface area contributed by atoms with Gasteiger partial charge in [-0.05, 0) is 51.0 Å². The van der Waals surface area contributed by atoms with Crippen LogP contribution in [0, 0.1) is 5.82 Å². The van der Waals surface area contributed by atoms with Gasteiger partial charge in [0.1, 0.15) is 11.6 Å². The van der Waals surface area contributed by atoms with Crippen molar-refractivity contribution in [3.05, 3.63) is 30.1 Å². The van der Waals surface area contributed by atoms with Gasteiger partial charge in [0.2, 0.25) is 0 Å². The van der Waals surface area contributed by atoms with E-state index in [1.54, 1.807) is 13.8 Å². The van der Waals surface area contributed by atoms with Gasteiger partial charge in [-0.3, -0.25) is 0 Å². The van der Waals surface area contributed by atoms with E-state index >= 15 is 0 Å². The van der Waals surface area contributed by atoms with Gasteiger partial charge in [0.05, 0.1) is 6.10 Å². The van der Waals surface area contributed by atoms with Crippen molar-refractivity contribution in [1.82, 2.24) is 0 Å². The van der Waals surface area contributed by atoms with Crippen LogP contribution in [-0.4, -0.2) is 18.2 Å². The fourth-order valence-corrected chi connectivity index (χ4v) is 1.60. The minimum Gasteiger partial charge on any atom is -0.479 e. The summed E-state index contributed by atoms with van der Waals surface area (Å²) in [6, 6.07) is 5.63. The Bertz CT molecular complexity index is 387. The molecule has 106 valence electrons. The predicted octanol–water partition coefficient (Wildman–Crippen LogP) is 3.71. The number of ether oxygens (including phenoxy) is 2. The van der Waals surface area contributed by atoms with Crippen molar-refractivity contribution in [2.45, 2.75) is 52.2 Å². The van der Waals surface area contributed by atoms with E-state index in [1.807, 2.05) is 6.92 Å². The number of rotatable bonds is 7. The fraction of sp³-hybridized carbons (Fsp3) is 0.533. The molecule has 0 aliphatic rings. The molecule has 0 spiro atoms. The summed E-state index contributed by atoms with van der Waals surface area (Å²) in [5.74, 6) is -0.224. The van der Waals surface area contributed by atoms with Crippen LogP contribution < -0.4 is 4.74 Å². The number of benzene rings is 1. The smallest absolute Gasteiger partial charge is 0.347 e. The van der Waals surface area contributed by atoms with Crippen LogP contribution in [0.5, 0.6) is 5.75 Å². The highest BCUT2D eigenvalue weighted by Gasteiger charge is 2.22. The third kappa shape index (κ3) is 5.73. The van der Waals surface area contributed by atoms with Gasteiger partial charge in [0.15, 0.2) is 6.10 Å². The number of halogens is 1. The van der Waals surface area contributed by atoms with E-state index in [2.05, 4.69) is 0 Å². The summed E-state index contributed by atoms with van der Waals surface area (Å²) in [6.45, 7) is 5.64. The molecule has 0 amide bonds. The first-order valence-electron chi connectivity index (χ1n) is 6.65. The van der Waals surface area contributed by atoms with Crippen LogP contribution in [0.4, 0.5) is 4.39 Å². The van der Waals surface area contributed by atoms with Gasteiger partial charge >= 0.3 is 5.97 Å². The van der Waals surface area contributed by atoms with Gasteiger partial charge in [-0.25, -0.2) is 9.18 Å². The number of unbranched alkanes of at least 4 members (excludes halogenated alkanes) is 1. The Hall–Kier alpha value is -1.58. The molecule has 1 aromatic rings. The van der Waals surface area contributed by atoms with Crippen LogP contribution in [0.15, 0.2) is 24.3 Å². The lowest BCUT2D eigenvalue weighted by atomic mass is 10.1. The summed E-state index contributed by atoms with van der Waals surface area (Å²) >= 11 is 0. The Morgan fingerprint density at radius 1 is 1.26 bits per heavy atom. The predicted molar refractivity (Wildman–Crippen MR) is 71.6 cm³/mol. The number of carbonyl (C=O) groups excluding carboxylic acids is 1. The second kappa shape index (κ2) is 7.77. The minimum absolute atomic E-state index is 0.173. The Morgan fingerprint density at radius 2 is 1.89 bits per heavy atom. The van der Waals surface area contributed by atoms with E-state index < -0.39 is 6.10 Å². The zero-order valence-corrected chi connectivity index (χ0v) is 11.7. The molecule has 0 aliphatic heterocycles. The molecule has 4 heteroatoms. The topological polar surface area (TPSA) is 35.5 Å². The van der Waals surface area contributed by atoms with Crippen molar-refractivity contribution in [3.8, 4) is 5.75 Å². The van der Waals surface area contributed by atoms with Crippen LogP contribution in [0.25, 0.3) is 0 Å². The molecule has 0 radical (unpaired) electrons. The second-order valence-electron chi connectivity index (χ2n) is 4.69. The lowest BCUT2D eigenvalue weighted by molar-refractivity contribution is -0.156. The number of esters is 1. The van der Waals surface area contributed by atoms with Gasteiger partial charge < -0.3 is 9.47 Å². The number of carbonyl (C=O) groups is 1. The number of hydrogen-bond acceptors (Lipinski definition) is 3. The zero-order chi connectivity index (χ0) is 14.3. The molecule has 1 atom stereocenters. The van der Waals surface area contributed by atoms with Crippen molar-refractivity contribution in [1.29, 1.82) is 0 Å². The summed E-state index contributed by atoms with van der Waals surface area (Å²) in [7, 11) is 0. The van der Waals surface area contributed by atoms with Crippen LogP contribution >= 0.6 is 0 Å². The second-order valence-corrected chi connectivity index (χ2v) is 4.69. The molecule has 0 fully saturated rings. The van der Waals surface area contributed by atoms with Crippen LogP contribution in [0.3, 0.4) is 0 Å². The molecule has 3 nitrogen and oxygen atoms in total. The highest BCUT2D eigenvalue weighted by molar-refractivity contribution is 5.75. The monoisotopic (exact) mass is 268 g/mol. The van der Waals surface area contributed by atoms with E-state index in [9.17, 15) is 9.18 Å². The molecule has 19 heavy (non-hydrogen) atoms. The maximum Gasteiger partial charge on any atom is 0.347 e. The van der Waals surface area contributed by atoms with Crippen molar-refractivity contribution in [2.24, 2.45) is 0 Å². The summed E-state index contributed by atoms with van der Waals surface area (Å²) in [5.41, 5.74) is 0. The molecule has 0 saturated heterocycles. The molecule has 0 bridgehead atoms. The SMILES string of the molecule is CCCCC(Oc1ccc(F)cc1)C(=O)OC(C)C. The highest BCUT2D eigenvalue weighted by Crippen LogP contribution is 2.17. The Kier molecular flexibility index (Phi) is 6.33. The van der Waals surface area contributed by atoms with E-state index in [4.69, 9.17) is 9.47 Å². The lowest BCUT2D eigenvalue weighted by Gasteiger charge is -2.19. The number of hydrogen-bond donors (Lipinski definition) is 0. The molecule has 1 aromatic carbocycles. The fourth-order valence-electron chi connectivity index (χ4n) is 1.60. The summed E-state index contributed by atoms with van der Waals surface area (Å²) in [6.07, 6.45) is 1.64. The zero-order valence-electron chi connectivity index (χ0n) is 11.7. The minimum atomic E-state index is -0.632. The average molecular weight is 268 g/mol. The van der Waals surface area contributed by atoms with Gasteiger partial charge in [0, 0.05) is 0 Å². The molecule has 1 rings (SSSR count). The maximum absolute atomic E-state index is 12.8. The highest BCUT2D eigenvalue weighted by atomic mass is 19.1. The van der Waals surface area contributed by atoms with Crippen LogP contribution in [-0.2, 0) is 9.53 Å². The van der Waals surface area contributed by atoms with E-state index in [-0.39, 0.29) is 17.9 Å². The Balaban J connectivity index is 2.67. The largest absolute Gasteiger partial charge is 0.479 e. The standard InChI is InChI=1S/C15H21FO3/c1-4-5-6-14(15(17)18-11(2)3)19-13-9-7-12(16)8-10-13/h7-11,14H,4-6H2,1-3H3. The first-order valence-corrected chi connectivity index (χ1v) is 6.65. The van der Waals surface area contributed by atoms with Gasteiger partial charge in [-0.15, -0.1) is 0 Å². The van der Waals surface area contributed by atoms with Crippen molar-refractivity contribution < 1.29 is 18.7 Å². The van der Waals surface area contributed by atoms with Crippen LogP contribution in [0.2, 0.25) is 0 Å². The molecule has 0 saturated carbocycles. The molecular weight excluding hydrogens is 247 g/mol. The van der Waals surface area contributed by atoms with Gasteiger partial charge in [0.25, 0.3) is 0 Å². The molecule has 1 unspecified atom stereocenters. The van der Waals surface area contributed by atoms with Gasteiger partial charge in [-0.2, -0.15) is 0 Å². The summed E-state index contributed by atoms with van der Waals surface area (Å²) in [5, 5.41) is 0. The van der Waals surface area contributed by atoms with Crippen molar-refractivity contribution in [3.63, 3.8) is 0 Å². The van der Waals surface area contributed by atoms with E-state index in [0.29, 0.717) is 12.2 Å². The van der Waals surface area contributed by atoms with E-state index in [0.717, 1.165) is 12.8 Å². The van der Waals surface area contributed by atoms with E-state index in [1.165, 1.54) is 24.3 Å². The maximum atomic E-state index is 12.8. The average Bonchev–Trinajstić information content (AvgIpc) is 2.35. The summed E-state index contributed by atoms with van der Waals surface area (Å²) in [4.78, 5) is 11.9. The Morgan fingerprint density at radius 3 is 2.42 bits per heavy atom. The van der Waals surface area contributed by atoms with Gasteiger partial charge in [-0.1, -0.05) is 13.3 Å². The first-order chi connectivity index (χ1) is 9.02. The molecule has 0 heterocycles. The normalized spacial score (nSPS) is 12.3. The van der Waals surface area contributed by atoms with Crippen molar-refractivity contribution >= 4 is 5.97 Å². The molecule has 0 aliphatic carbocycles.